The fraction of sp³-hybridized carbons (Fsp3) is 0.391. The molecule has 2 N–H and O–H groups in total. The molecule has 0 bridgehead atoms. The smallest absolute Gasteiger partial charge is 0.243 e. The van der Waals surface area contributed by atoms with E-state index in [-0.39, 0.29) is 4.90 Å². The summed E-state index contributed by atoms with van der Waals surface area (Å²) < 4.78 is 27.8. The molecule has 0 amide bonds. The van der Waals surface area contributed by atoms with Crippen molar-refractivity contribution in [2.45, 2.75) is 18.7 Å². The lowest BCUT2D eigenvalue weighted by molar-refractivity contribution is 0.222. The van der Waals surface area contributed by atoms with Crippen LogP contribution in [0.15, 0.2) is 53.4 Å². The van der Waals surface area contributed by atoms with Crippen molar-refractivity contribution in [2.75, 3.05) is 50.4 Å². The molecule has 0 unspecified atom stereocenters. The largest absolute Gasteiger partial charge is 0.369 e. The Bertz CT molecular complexity index is 1190. The first-order chi connectivity index (χ1) is 15.3. The molecule has 1 fully saturated rings. The lowest BCUT2D eigenvalue weighted by atomic mass is 10.2. The Balaban J connectivity index is 1.61. The Hall–Kier alpha value is -2.75. The van der Waals surface area contributed by atoms with Crippen molar-refractivity contribution in [3.63, 3.8) is 0 Å². The summed E-state index contributed by atoms with van der Waals surface area (Å²) in [5, 5.41) is 7.54. The highest BCUT2D eigenvalue weighted by Gasteiger charge is 2.27. The van der Waals surface area contributed by atoms with Crippen LogP contribution in [0.2, 0.25) is 0 Å². The summed E-state index contributed by atoms with van der Waals surface area (Å²) in [6.07, 6.45) is 0. The van der Waals surface area contributed by atoms with Gasteiger partial charge < -0.3 is 15.5 Å². The van der Waals surface area contributed by atoms with Crippen molar-refractivity contribution in [1.82, 2.24) is 19.2 Å². The third kappa shape index (κ3) is 5.01. The number of rotatable bonds is 7. The Morgan fingerprint density at radius 2 is 1.75 bits per heavy atom. The molecule has 0 atom stereocenters. The molecule has 1 aliphatic heterocycles. The average molecular weight is 455 g/mol. The minimum Gasteiger partial charge on any atom is -0.369 e. The van der Waals surface area contributed by atoms with Crippen molar-refractivity contribution in [2.24, 2.45) is 5.92 Å². The van der Waals surface area contributed by atoms with E-state index in [1.807, 2.05) is 37.4 Å². The molecule has 1 aliphatic rings. The summed E-state index contributed by atoms with van der Waals surface area (Å²) >= 11 is 0. The maximum atomic E-state index is 13.1. The third-order valence-corrected chi connectivity index (χ3v) is 7.37. The van der Waals surface area contributed by atoms with Crippen LogP contribution in [0, 0.1) is 5.92 Å². The number of nitrogens with zero attached hydrogens (tertiary/aromatic N) is 4. The molecule has 170 valence electrons. The summed E-state index contributed by atoms with van der Waals surface area (Å²) in [5.41, 5.74) is 1.45. The lowest BCUT2D eigenvalue weighted by Gasteiger charge is -2.31. The molecular weight excluding hydrogens is 424 g/mol. The number of fused-ring (bicyclic) bond motifs is 1. The van der Waals surface area contributed by atoms with E-state index >= 15 is 0 Å². The van der Waals surface area contributed by atoms with Gasteiger partial charge in [-0.15, -0.1) is 0 Å². The minimum absolute atomic E-state index is 0.269. The van der Waals surface area contributed by atoms with Crippen molar-refractivity contribution in [3.05, 3.63) is 48.5 Å². The summed E-state index contributed by atoms with van der Waals surface area (Å²) in [4.78, 5) is 11.7. The van der Waals surface area contributed by atoms with Crippen LogP contribution >= 0.6 is 0 Å². The van der Waals surface area contributed by atoms with Gasteiger partial charge in [-0.25, -0.2) is 13.4 Å². The summed E-state index contributed by atoms with van der Waals surface area (Å²) in [5.74, 6) is 1.65. The molecule has 8 nitrogen and oxygen atoms in total. The lowest BCUT2D eigenvalue weighted by Crippen LogP contribution is -2.47. The molecule has 4 rings (SSSR count). The van der Waals surface area contributed by atoms with Crippen LogP contribution in [-0.4, -0.2) is 67.4 Å². The highest BCUT2D eigenvalue weighted by molar-refractivity contribution is 7.89. The van der Waals surface area contributed by atoms with Crippen LogP contribution in [-0.2, 0) is 10.0 Å². The van der Waals surface area contributed by atoms with Gasteiger partial charge >= 0.3 is 0 Å². The fourth-order valence-electron chi connectivity index (χ4n) is 3.61. The number of anilines is 3. The van der Waals surface area contributed by atoms with E-state index in [0.717, 1.165) is 36.4 Å². The second-order valence-corrected chi connectivity index (χ2v) is 10.5. The molecule has 32 heavy (non-hydrogen) atoms. The molecule has 1 aromatic heterocycles. The fourth-order valence-corrected chi connectivity index (χ4v) is 5.08. The zero-order chi connectivity index (χ0) is 22.7. The number of aromatic nitrogens is 2. The zero-order valence-electron chi connectivity index (χ0n) is 18.7. The first kappa shape index (κ1) is 22.4. The standard InChI is InChI=1S/C23H30N6O2S/c1-17(2)16-24-22-20-9-4-5-10-21(20)26-23(27-22)25-18-7-6-8-19(15-18)32(30,31)29-13-11-28(3)12-14-29/h4-10,15,17H,11-14,16H2,1-3H3,(H2,24,25,26,27). The number of para-hydroxylation sites is 1. The number of piperazine rings is 1. The zero-order valence-corrected chi connectivity index (χ0v) is 19.6. The van der Waals surface area contributed by atoms with Gasteiger partial charge in [-0.3, -0.25) is 0 Å². The number of hydrogen-bond acceptors (Lipinski definition) is 7. The van der Waals surface area contributed by atoms with E-state index in [1.165, 1.54) is 0 Å². The van der Waals surface area contributed by atoms with Gasteiger partial charge in [-0.1, -0.05) is 32.0 Å². The minimum atomic E-state index is -3.55. The van der Waals surface area contributed by atoms with Gasteiger partial charge in [0.15, 0.2) is 0 Å². The second kappa shape index (κ2) is 9.40. The predicted octanol–water partition coefficient (Wildman–Crippen LogP) is 3.38. The molecule has 9 heteroatoms. The number of nitrogens with one attached hydrogen (secondary N) is 2. The predicted molar refractivity (Wildman–Crippen MR) is 129 cm³/mol. The molecule has 3 aromatic rings. The topological polar surface area (TPSA) is 90.5 Å². The van der Waals surface area contributed by atoms with Gasteiger partial charge in [0.1, 0.15) is 5.82 Å². The van der Waals surface area contributed by atoms with Crippen molar-refractivity contribution >= 4 is 38.4 Å². The normalized spacial score (nSPS) is 15.9. The summed E-state index contributed by atoms with van der Waals surface area (Å²) in [6.45, 7) is 7.52. The van der Waals surface area contributed by atoms with E-state index in [4.69, 9.17) is 0 Å². The van der Waals surface area contributed by atoms with Gasteiger partial charge in [-0.05, 0) is 43.3 Å². The quantitative estimate of drug-likeness (QED) is 0.566. The maximum Gasteiger partial charge on any atom is 0.243 e. The summed E-state index contributed by atoms with van der Waals surface area (Å²) in [7, 11) is -1.55. The average Bonchev–Trinajstić information content (AvgIpc) is 2.78. The van der Waals surface area contributed by atoms with E-state index in [0.29, 0.717) is 30.6 Å². The van der Waals surface area contributed by atoms with Gasteiger partial charge in [-0.2, -0.15) is 9.29 Å². The SMILES string of the molecule is CC(C)CNc1nc(Nc2cccc(S(=O)(=O)N3CCN(C)CC3)c2)nc2ccccc12. The van der Waals surface area contributed by atoms with Gasteiger partial charge in [0.05, 0.1) is 10.4 Å². The van der Waals surface area contributed by atoms with Crippen molar-refractivity contribution in [3.8, 4) is 0 Å². The number of likely N-dealkylation sites (N-methyl/N-ethyl adjacent to an activating group) is 1. The molecule has 0 radical (unpaired) electrons. The van der Waals surface area contributed by atoms with Gasteiger partial charge in [0.2, 0.25) is 16.0 Å². The monoisotopic (exact) mass is 454 g/mol. The Morgan fingerprint density at radius 1 is 1.00 bits per heavy atom. The van der Waals surface area contributed by atoms with E-state index in [2.05, 4.69) is 39.3 Å². The van der Waals surface area contributed by atoms with Crippen LogP contribution < -0.4 is 10.6 Å². The van der Waals surface area contributed by atoms with Gasteiger partial charge in [0.25, 0.3) is 0 Å². The molecule has 0 spiro atoms. The molecule has 2 heterocycles. The molecular formula is C23H30N6O2S. The first-order valence-corrected chi connectivity index (χ1v) is 12.3. The third-order valence-electron chi connectivity index (χ3n) is 5.47. The van der Waals surface area contributed by atoms with Crippen LogP contribution in [0.5, 0.6) is 0 Å². The second-order valence-electron chi connectivity index (χ2n) is 8.55. The Kier molecular flexibility index (Phi) is 6.59. The van der Waals surface area contributed by atoms with E-state index in [1.54, 1.807) is 22.5 Å². The Morgan fingerprint density at radius 3 is 2.50 bits per heavy atom. The highest BCUT2D eigenvalue weighted by atomic mass is 32.2. The van der Waals surface area contributed by atoms with Crippen LogP contribution in [0.25, 0.3) is 10.9 Å². The Labute approximate surface area is 189 Å². The number of hydrogen-bond donors (Lipinski definition) is 2. The van der Waals surface area contributed by atoms with E-state index < -0.39 is 10.0 Å². The first-order valence-electron chi connectivity index (χ1n) is 10.9. The van der Waals surface area contributed by atoms with Crippen molar-refractivity contribution < 1.29 is 8.42 Å². The maximum absolute atomic E-state index is 13.1. The number of benzene rings is 2. The van der Waals surface area contributed by atoms with Crippen LogP contribution in [0.4, 0.5) is 17.5 Å². The molecule has 1 saturated heterocycles. The molecule has 2 aromatic carbocycles. The number of sulfonamides is 1. The molecule has 0 saturated carbocycles. The van der Waals surface area contributed by atoms with Crippen LogP contribution in [0.1, 0.15) is 13.8 Å². The van der Waals surface area contributed by atoms with E-state index in [9.17, 15) is 8.42 Å². The highest BCUT2D eigenvalue weighted by Crippen LogP contribution is 2.26. The summed E-state index contributed by atoms with van der Waals surface area (Å²) in [6, 6.07) is 14.7. The van der Waals surface area contributed by atoms with Crippen molar-refractivity contribution in [1.29, 1.82) is 0 Å². The van der Waals surface area contributed by atoms with Gasteiger partial charge in [0, 0.05) is 43.8 Å². The molecule has 0 aliphatic carbocycles. The van der Waals surface area contributed by atoms with Crippen LogP contribution in [0.3, 0.4) is 0 Å².